The molecule has 17 heavy (non-hydrogen) atoms. The molecule has 1 aromatic heterocycles. The van der Waals surface area contributed by atoms with Gasteiger partial charge in [0.25, 0.3) is 0 Å². The molecule has 0 bridgehead atoms. The molecule has 0 N–H and O–H groups in total. The Bertz CT molecular complexity index is 589. The van der Waals surface area contributed by atoms with E-state index in [9.17, 15) is 0 Å². The van der Waals surface area contributed by atoms with Crippen molar-refractivity contribution in [2.75, 3.05) is 6.61 Å². The lowest BCUT2D eigenvalue weighted by Gasteiger charge is -2.08. The zero-order chi connectivity index (χ0) is 12.0. The minimum atomic E-state index is 0.691. The molecule has 0 radical (unpaired) electrons. The highest BCUT2D eigenvalue weighted by Gasteiger charge is 2.18. The maximum Gasteiger partial charge on any atom is 0.144 e. The van der Waals surface area contributed by atoms with Crippen LogP contribution >= 0.6 is 15.9 Å². The van der Waals surface area contributed by atoms with Gasteiger partial charge in [-0.1, -0.05) is 15.9 Å². The van der Waals surface area contributed by atoms with Crippen molar-refractivity contribution in [3.63, 3.8) is 0 Å². The van der Waals surface area contributed by atoms with Crippen molar-refractivity contribution in [2.45, 2.75) is 20.4 Å². The molecule has 0 fully saturated rings. The van der Waals surface area contributed by atoms with Gasteiger partial charge in [0, 0.05) is 10.7 Å². The van der Waals surface area contributed by atoms with E-state index in [2.05, 4.69) is 50.7 Å². The van der Waals surface area contributed by atoms with E-state index in [-0.39, 0.29) is 0 Å². The van der Waals surface area contributed by atoms with Crippen LogP contribution in [-0.2, 0) is 6.54 Å². The number of rotatable bonds is 0. The Morgan fingerprint density at radius 2 is 2.18 bits per heavy atom. The van der Waals surface area contributed by atoms with E-state index >= 15 is 0 Å². The third-order valence-corrected chi connectivity index (χ3v) is 3.84. The highest BCUT2D eigenvalue weighted by Crippen LogP contribution is 2.36. The molecule has 3 nitrogen and oxygen atoms in total. The van der Waals surface area contributed by atoms with Crippen LogP contribution in [0.4, 0.5) is 0 Å². The summed E-state index contributed by atoms with van der Waals surface area (Å²) in [7, 11) is 0. The summed E-state index contributed by atoms with van der Waals surface area (Å²) in [6.07, 6.45) is 2.07. The minimum absolute atomic E-state index is 0.691. The summed E-state index contributed by atoms with van der Waals surface area (Å²) < 4.78 is 9.03. The Balaban J connectivity index is 2.27. The van der Waals surface area contributed by atoms with E-state index in [0.717, 1.165) is 33.8 Å². The van der Waals surface area contributed by atoms with Gasteiger partial charge < -0.3 is 9.30 Å². The molecule has 3 rings (SSSR count). The van der Waals surface area contributed by atoms with Crippen LogP contribution in [0.2, 0.25) is 0 Å². The van der Waals surface area contributed by atoms with Gasteiger partial charge in [-0.05, 0) is 31.5 Å². The Morgan fingerprint density at radius 1 is 1.35 bits per heavy atom. The van der Waals surface area contributed by atoms with Gasteiger partial charge in [-0.3, -0.25) is 0 Å². The number of hydrogen-bond donors (Lipinski definition) is 0. The van der Waals surface area contributed by atoms with E-state index in [1.165, 1.54) is 5.56 Å². The average Bonchev–Trinajstić information content (AvgIpc) is 2.57. The summed E-state index contributed by atoms with van der Waals surface area (Å²) in [5.74, 6) is 1.92. The summed E-state index contributed by atoms with van der Waals surface area (Å²) >= 11 is 3.57. The molecule has 0 unspecified atom stereocenters. The molecule has 2 heterocycles. The van der Waals surface area contributed by atoms with Crippen LogP contribution in [0.5, 0.6) is 5.75 Å². The first-order chi connectivity index (χ1) is 8.15. The number of aryl methyl sites for hydroxylation is 2. The predicted molar refractivity (Wildman–Crippen MR) is 70.3 cm³/mol. The van der Waals surface area contributed by atoms with Gasteiger partial charge in [-0.25, -0.2) is 4.98 Å². The van der Waals surface area contributed by atoms with Crippen LogP contribution in [0.3, 0.4) is 0 Å². The van der Waals surface area contributed by atoms with E-state index in [4.69, 9.17) is 4.74 Å². The first-order valence-corrected chi connectivity index (χ1v) is 6.41. The van der Waals surface area contributed by atoms with Crippen LogP contribution in [0.1, 0.15) is 11.3 Å². The molecule has 1 aliphatic rings. The van der Waals surface area contributed by atoms with E-state index in [0.29, 0.717) is 6.61 Å². The molecule has 88 valence electrons. The molecule has 4 heteroatoms. The molecule has 0 atom stereocenters. The highest BCUT2D eigenvalue weighted by molar-refractivity contribution is 9.10. The van der Waals surface area contributed by atoms with Gasteiger partial charge >= 0.3 is 0 Å². The normalized spacial score (nSPS) is 13.6. The Kier molecular flexibility index (Phi) is 2.47. The maximum absolute atomic E-state index is 5.78. The van der Waals surface area contributed by atoms with Gasteiger partial charge in [0.05, 0.1) is 17.8 Å². The summed E-state index contributed by atoms with van der Waals surface area (Å²) in [4.78, 5) is 4.59. The molecular weight excluding hydrogens is 280 g/mol. The van der Waals surface area contributed by atoms with Crippen molar-refractivity contribution in [2.24, 2.45) is 0 Å². The highest BCUT2D eigenvalue weighted by atomic mass is 79.9. The monoisotopic (exact) mass is 292 g/mol. The topological polar surface area (TPSA) is 27.1 Å². The van der Waals surface area contributed by atoms with E-state index in [1.807, 2.05) is 6.92 Å². The van der Waals surface area contributed by atoms with E-state index < -0.39 is 0 Å². The number of fused-ring (bicyclic) bond motifs is 3. The molecule has 0 saturated heterocycles. The lowest BCUT2D eigenvalue weighted by molar-refractivity contribution is 0.306. The van der Waals surface area contributed by atoms with Crippen LogP contribution in [0.25, 0.3) is 11.4 Å². The standard InChI is InChI=1S/C13H13BrN2O/c1-8-5-12-10(6-11(8)14)13-15-9(2)7-16(13)3-4-17-12/h5-7H,3-4H2,1-2H3. The number of nitrogens with zero attached hydrogens (tertiary/aromatic N) is 2. The summed E-state index contributed by atoms with van der Waals surface area (Å²) in [5.41, 5.74) is 3.29. The second-order valence-corrected chi connectivity index (χ2v) is 5.20. The Morgan fingerprint density at radius 3 is 3.00 bits per heavy atom. The fourth-order valence-electron chi connectivity index (χ4n) is 2.14. The van der Waals surface area contributed by atoms with Crippen molar-refractivity contribution in [3.8, 4) is 17.1 Å². The SMILES string of the molecule is Cc1cn2c(n1)-c1cc(Br)c(C)cc1OCC2. The van der Waals surface area contributed by atoms with Gasteiger partial charge in [0.2, 0.25) is 0 Å². The minimum Gasteiger partial charge on any atom is -0.491 e. The number of hydrogen-bond acceptors (Lipinski definition) is 2. The van der Waals surface area contributed by atoms with Crippen molar-refractivity contribution in [1.29, 1.82) is 0 Å². The second kappa shape index (κ2) is 3.88. The number of ether oxygens (including phenoxy) is 1. The molecule has 0 aliphatic carbocycles. The van der Waals surface area contributed by atoms with Crippen molar-refractivity contribution in [3.05, 3.63) is 34.1 Å². The van der Waals surface area contributed by atoms with Crippen molar-refractivity contribution >= 4 is 15.9 Å². The second-order valence-electron chi connectivity index (χ2n) is 4.35. The average molecular weight is 293 g/mol. The fourth-order valence-corrected chi connectivity index (χ4v) is 2.48. The Hall–Kier alpha value is -1.29. The van der Waals surface area contributed by atoms with Gasteiger partial charge in [-0.2, -0.15) is 0 Å². The summed E-state index contributed by atoms with van der Waals surface area (Å²) in [6, 6.07) is 4.16. The molecule has 0 amide bonds. The van der Waals surface area contributed by atoms with Crippen molar-refractivity contribution < 1.29 is 4.74 Å². The summed E-state index contributed by atoms with van der Waals surface area (Å²) in [5, 5.41) is 0. The van der Waals surface area contributed by atoms with Crippen LogP contribution in [0, 0.1) is 13.8 Å². The lowest BCUT2D eigenvalue weighted by atomic mass is 10.1. The molecule has 0 saturated carbocycles. The van der Waals surface area contributed by atoms with Crippen LogP contribution in [-0.4, -0.2) is 16.2 Å². The van der Waals surface area contributed by atoms with E-state index in [1.54, 1.807) is 0 Å². The van der Waals surface area contributed by atoms with Gasteiger partial charge in [-0.15, -0.1) is 0 Å². The molecule has 2 aromatic rings. The van der Waals surface area contributed by atoms with Gasteiger partial charge in [0.15, 0.2) is 0 Å². The van der Waals surface area contributed by atoms with Gasteiger partial charge in [0.1, 0.15) is 18.2 Å². The zero-order valence-corrected chi connectivity index (χ0v) is 11.4. The third-order valence-electron chi connectivity index (χ3n) is 2.99. The van der Waals surface area contributed by atoms with Crippen LogP contribution in [0.15, 0.2) is 22.8 Å². The third kappa shape index (κ3) is 1.76. The Labute approximate surface area is 109 Å². The molecule has 1 aromatic carbocycles. The number of halogens is 1. The maximum atomic E-state index is 5.78. The number of imidazole rings is 1. The molecule has 1 aliphatic heterocycles. The predicted octanol–water partition coefficient (Wildman–Crippen LogP) is 3.32. The molecular formula is C13H13BrN2O. The van der Waals surface area contributed by atoms with Crippen molar-refractivity contribution in [1.82, 2.24) is 9.55 Å². The first kappa shape index (κ1) is 10.8. The summed E-state index contributed by atoms with van der Waals surface area (Å²) in [6.45, 7) is 5.63. The smallest absolute Gasteiger partial charge is 0.144 e. The number of aromatic nitrogens is 2. The lowest BCUT2D eigenvalue weighted by Crippen LogP contribution is -2.04. The largest absolute Gasteiger partial charge is 0.491 e. The number of benzene rings is 1. The van der Waals surface area contributed by atoms with Crippen LogP contribution < -0.4 is 4.74 Å². The molecule has 0 spiro atoms. The first-order valence-electron chi connectivity index (χ1n) is 5.62. The quantitative estimate of drug-likeness (QED) is 0.745. The fraction of sp³-hybridized carbons (Fsp3) is 0.308. The zero-order valence-electron chi connectivity index (χ0n) is 9.83.